The van der Waals surface area contributed by atoms with E-state index in [9.17, 15) is 9.59 Å². The van der Waals surface area contributed by atoms with E-state index < -0.39 is 0 Å². The Labute approximate surface area is 173 Å². The standard InChI is InChI=1S/C23H30N4O2/c1-18(28)20-6-10-22(11-7-20)27-14-12-26(13-15-27)17-23(29)24-16-19-4-8-21(9-5-19)25(2)3/h4-11H,12-17H2,1-3H3,(H,24,29)/p+1. The molecule has 2 N–H and O–H groups in total. The molecule has 0 aromatic heterocycles. The van der Waals surface area contributed by atoms with Crippen LogP contribution in [0.1, 0.15) is 22.8 Å². The summed E-state index contributed by atoms with van der Waals surface area (Å²) < 4.78 is 0. The van der Waals surface area contributed by atoms with Crippen LogP contribution in [0.2, 0.25) is 0 Å². The van der Waals surface area contributed by atoms with Gasteiger partial charge in [-0.1, -0.05) is 12.1 Å². The molecule has 0 bridgehead atoms. The van der Waals surface area contributed by atoms with Crippen LogP contribution in [-0.4, -0.2) is 58.5 Å². The topological polar surface area (TPSA) is 57.1 Å². The van der Waals surface area contributed by atoms with Crippen molar-refractivity contribution in [3.63, 3.8) is 0 Å². The van der Waals surface area contributed by atoms with E-state index in [1.165, 1.54) is 4.90 Å². The Morgan fingerprint density at radius 1 is 1.00 bits per heavy atom. The number of nitrogens with one attached hydrogen (secondary N) is 2. The molecule has 0 radical (unpaired) electrons. The Morgan fingerprint density at radius 2 is 1.62 bits per heavy atom. The number of carbonyl (C=O) groups excluding carboxylic acids is 2. The molecule has 2 aromatic carbocycles. The van der Waals surface area contributed by atoms with Crippen LogP contribution in [0.4, 0.5) is 11.4 Å². The molecular formula is C23H31N4O2+. The lowest BCUT2D eigenvalue weighted by Gasteiger charge is -2.33. The molecule has 1 amide bonds. The summed E-state index contributed by atoms with van der Waals surface area (Å²) in [4.78, 5) is 29.4. The number of hydrogen-bond acceptors (Lipinski definition) is 4. The van der Waals surface area contributed by atoms with E-state index in [1.807, 2.05) is 38.4 Å². The third kappa shape index (κ3) is 5.81. The summed E-state index contributed by atoms with van der Waals surface area (Å²) in [5.41, 5.74) is 4.14. The van der Waals surface area contributed by atoms with Crippen molar-refractivity contribution in [3.05, 3.63) is 59.7 Å². The molecular weight excluding hydrogens is 364 g/mol. The van der Waals surface area contributed by atoms with Gasteiger partial charge < -0.3 is 20.0 Å². The van der Waals surface area contributed by atoms with Crippen LogP contribution in [0.3, 0.4) is 0 Å². The monoisotopic (exact) mass is 395 g/mol. The van der Waals surface area contributed by atoms with Crippen LogP contribution >= 0.6 is 0 Å². The van der Waals surface area contributed by atoms with Crippen LogP contribution in [0.5, 0.6) is 0 Å². The molecule has 29 heavy (non-hydrogen) atoms. The first kappa shape index (κ1) is 20.9. The number of ketones is 1. The maximum absolute atomic E-state index is 12.3. The first-order valence-corrected chi connectivity index (χ1v) is 10.1. The predicted molar refractivity (Wildman–Crippen MR) is 117 cm³/mol. The maximum Gasteiger partial charge on any atom is 0.275 e. The number of rotatable bonds is 7. The second kappa shape index (κ2) is 9.56. The first-order valence-electron chi connectivity index (χ1n) is 10.1. The van der Waals surface area contributed by atoms with Gasteiger partial charge in [-0.2, -0.15) is 0 Å². The number of anilines is 2. The van der Waals surface area contributed by atoms with Gasteiger partial charge in [0, 0.05) is 37.6 Å². The molecule has 0 aliphatic carbocycles. The van der Waals surface area contributed by atoms with E-state index in [0.29, 0.717) is 13.1 Å². The van der Waals surface area contributed by atoms with Gasteiger partial charge in [0.2, 0.25) is 0 Å². The Kier molecular flexibility index (Phi) is 6.88. The summed E-state index contributed by atoms with van der Waals surface area (Å²) in [6.07, 6.45) is 0. The van der Waals surface area contributed by atoms with Gasteiger partial charge in [0.05, 0.1) is 26.2 Å². The molecule has 0 atom stereocenters. The van der Waals surface area contributed by atoms with Gasteiger partial charge in [0.25, 0.3) is 5.91 Å². The second-order valence-electron chi connectivity index (χ2n) is 7.85. The highest BCUT2D eigenvalue weighted by atomic mass is 16.2. The van der Waals surface area contributed by atoms with Crippen LogP contribution in [0.15, 0.2) is 48.5 Å². The van der Waals surface area contributed by atoms with E-state index in [1.54, 1.807) is 6.92 Å². The Hall–Kier alpha value is -2.86. The minimum absolute atomic E-state index is 0.0884. The summed E-state index contributed by atoms with van der Waals surface area (Å²) in [5.74, 6) is 0.182. The molecule has 1 saturated heterocycles. The van der Waals surface area contributed by atoms with Gasteiger partial charge in [0.1, 0.15) is 0 Å². The molecule has 0 spiro atoms. The number of Topliss-reactive ketones (excluding diaryl/α,β-unsaturated/α-hetero) is 1. The number of amides is 1. The third-order valence-corrected chi connectivity index (χ3v) is 5.46. The fourth-order valence-corrected chi connectivity index (χ4v) is 3.57. The summed E-state index contributed by atoms with van der Waals surface area (Å²) in [6, 6.07) is 16.0. The number of quaternary nitrogens is 1. The first-order chi connectivity index (χ1) is 13.9. The average molecular weight is 396 g/mol. The van der Waals surface area contributed by atoms with E-state index in [4.69, 9.17) is 0 Å². The largest absolute Gasteiger partial charge is 0.378 e. The summed E-state index contributed by atoms with van der Waals surface area (Å²) in [6.45, 7) is 6.34. The molecule has 3 rings (SSSR count). The van der Waals surface area contributed by atoms with E-state index >= 15 is 0 Å². The zero-order valence-electron chi connectivity index (χ0n) is 17.6. The van der Waals surface area contributed by atoms with Crippen molar-refractivity contribution in [3.8, 4) is 0 Å². The number of carbonyl (C=O) groups is 2. The molecule has 6 heteroatoms. The van der Waals surface area contributed by atoms with Crippen molar-refractivity contribution >= 4 is 23.1 Å². The molecule has 6 nitrogen and oxygen atoms in total. The lowest BCUT2D eigenvalue weighted by molar-refractivity contribution is -0.892. The van der Waals surface area contributed by atoms with Gasteiger partial charge in [-0.05, 0) is 48.9 Å². The summed E-state index contributed by atoms with van der Waals surface area (Å²) >= 11 is 0. The summed E-state index contributed by atoms with van der Waals surface area (Å²) in [7, 11) is 4.03. The minimum atomic E-state index is 0.0884. The minimum Gasteiger partial charge on any atom is -0.378 e. The van der Waals surface area contributed by atoms with Gasteiger partial charge in [-0.25, -0.2) is 0 Å². The highest BCUT2D eigenvalue weighted by molar-refractivity contribution is 5.94. The van der Waals surface area contributed by atoms with E-state index in [0.717, 1.165) is 48.7 Å². The molecule has 0 saturated carbocycles. The molecule has 0 unspecified atom stereocenters. The van der Waals surface area contributed by atoms with Gasteiger partial charge >= 0.3 is 0 Å². The fourth-order valence-electron chi connectivity index (χ4n) is 3.57. The van der Waals surface area contributed by atoms with Crippen molar-refractivity contribution in [2.45, 2.75) is 13.5 Å². The quantitative estimate of drug-likeness (QED) is 0.686. The third-order valence-electron chi connectivity index (χ3n) is 5.46. The lowest BCUT2D eigenvalue weighted by Crippen LogP contribution is -3.15. The number of piperazine rings is 1. The van der Waals surface area contributed by atoms with Crippen LogP contribution in [0, 0.1) is 0 Å². The Bertz CT molecular complexity index is 823. The number of nitrogens with zero attached hydrogens (tertiary/aromatic N) is 2. The normalized spacial score (nSPS) is 14.5. The Morgan fingerprint density at radius 3 is 2.17 bits per heavy atom. The van der Waals surface area contributed by atoms with Gasteiger partial charge in [-0.3, -0.25) is 9.59 Å². The van der Waals surface area contributed by atoms with E-state index in [2.05, 4.69) is 39.4 Å². The van der Waals surface area contributed by atoms with E-state index in [-0.39, 0.29) is 11.7 Å². The Balaban J connectivity index is 1.41. The van der Waals surface area contributed by atoms with Crippen molar-refractivity contribution in [1.29, 1.82) is 0 Å². The smallest absolute Gasteiger partial charge is 0.275 e. The van der Waals surface area contributed by atoms with Crippen LogP contribution in [-0.2, 0) is 11.3 Å². The zero-order valence-corrected chi connectivity index (χ0v) is 17.6. The highest BCUT2D eigenvalue weighted by Crippen LogP contribution is 2.15. The molecule has 1 aliphatic rings. The molecule has 2 aromatic rings. The predicted octanol–water partition coefficient (Wildman–Crippen LogP) is 0.977. The number of hydrogen-bond donors (Lipinski definition) is 2. The number of benzene rings is 2. The van der Waals surface area contributed by atoms with Gasteiger partial charge in [-0.15, -0.1) is 0 Å². The van der Waals surface area contributed by atoms with Crippen molar-refractivity contribution in [2.24, 2.45) is 0 Å². The lowest BCUT2D eigenvalue weighted by atomic mass is 10.1. The fraction of sp³-hybridized carbons (Fsp3) is 0.391. The molecule has 1 heterocycles. The highest BCUT2D eigenvalue weighted by Gasteiger charge is 2.22. The molecule has 154 valence electrons. The molecule has 1 fully saturated rings. The zero-order chi connectivity index (χ0) is 20.8. The second-order valence-corrected chi connectivity index (χ2v) is 7.85. The van der Waals surface area contributed by atoms with Crippen molar-refractivity contribution < 1.29 is 14.5 Å². The maximum atomic E-state index is 12.3. The van der Waals surface area contributed by atoms with Crippen molar-refractivity contribution in [2.75, 3.05) is 56.6 Å². The van der Waals surface area contributed by atoms with Crippen LogP contribution in [0.25, 0.3) is 0 Å². The average Bonchev–Trinajstić information content (AvgIpc) is 2.73. The van der Waals surface area contributed by atoms with Crippen molar-refractivity contribution in [1.82, 2.24) is 5.32 Å². The molecule has 1 aliphatic heterocycles. The van der Waals surface area contributed by atoms with Crippen LogP contribution < -0.4 is 20.0 Å². The van der Waals surface area contributed by atoms with Gasteiger partial charge in [0.15, 0.2) is 12.3 Å². The summed E-state index contributed by atoms with van der Waals surface area (Å²) in [5, 5.41) is 3.04. The SMILES string of the molecule is CC(=O)c1ccc(N2CC[NH+](CC(=O)NCc3ccc(N(C)C)cc3)CC2)cc1.